The van der Waals surface area contributed by atoms with Crippen molar-refractivity contribution in [3.8, 4) is 0 Å². The highest BCUT2D eigenvalue weighted by Gasteiger charge is 2.19. The van der Waals surface area contributed by atoms with Gasteiger partial charge in [-0.1, -0.05) is 32.6 Å². The second kappa shape index (κ2) is 14.0. The molecule has 0 aliphatic carbocycles. The zero-order chi connectivity index (χ0) is 21.6. The van der Waals surface area contributed by atoms with E-state index in [1.54, 1.807) is 7.11 Å². The summed E-state index contributed by atoms with van der Waals surface area (Å²) in [5.74, 6) is -0.0778. The number of amides is 2. The molecule has 6 nitrogen and oxygen atoms in total. The van der Waals surface area contributed by atoms with Crippen LogP contribution in [0.4, 0.5) is 11.4 Å². The molecular weight excluding hydrogens is 378 g/mol. The number of carbonyl (C=O) groups excluding carboxylic acids is 2. The molecule has 1 aromatic rings. The first-order valence-corrected chi connectivity index (χ1v) is 11.6. The molecule has 0 bridgehead atoms. The van der Waals surface area contributed by atoms with Crippen molar-refractivity contribution in [3.05, 3.63) is 23.8 Å². The van der Waals surface area contributed by atoms with E-state index in [0.717, 1.165) is 50.9 Å². The molecule has 6 heteroatoms. The van der Waals surface area contributed by atoms with Crippen molar-refractivity contribution in [3.63, 3.8) is 0 Å². The second-order valence-electron chi connectivity index (χ2n) is 8.09. The highest BCUT2D eigenvalue weighted by molar-refractivity contribution is 6.02. The summed E-state index contributed by atoms with van der Waals surface area (Å²) < 4.78 is 5.06. The number of nitrogens with zero attached hydrogens (tertiary/aromatic N) is 1. The first-order chi connectivity index (χ1) is 14.7. The van der Waals surface area contributed by atoms with E-state index in [-0.39, 0.29) is 11.8 Å². The summed E-state index contributed by atoms with van der Waals surface area (Å²) in [5, 5.41) is 5.97. The number of nitrogens with one attached hydrogen (secondary N) is 2. The Hall–Kier alpha value is -2.08. The minimum Gasteiger partial charge on any atom is -0.385 e. The third-order valence-corrected chi connectivity index (χ3v) is 5.54. The van der Waals surface area contributed by atoms with Gasteiger partial charge in [0.1, 0.15) is 0 Å². The van der Waals surface area contributed by atoms with Gasteiger partial charge in [-0.2, -0.15) is 0 Å². The maximum absolute atomic E-state index is 12.9. The third-order valence-electron chi connectivity index (χ3n) is 5.54. The predicted octanol–water partition coefficient (Wildman–Crippen LogP) is 4.74. The Morgan fingerprint density at radius 2 is 1.80 bits per heavy atom. The van der Waals surface area contributed by atoms with Crippen molar-refractivity contribution >= 4 is 23.2 Å². The predicted molar refractivity (Wildman–Crippen MR) is 123 cm³/mol. The SMILES string of the molecule is CCCCCCCC(=O)Nc1ccc(N2CCCCC2)c(C(=O)NCCCOC)c1. The minimum absolute atomic E-state index is 0.0173. The normalized spacial score (nSPS) is 13.9. The van der Waals surface area contributed by atoms with Gasteiger partial charge in [-0.15, -0.1) is 0 Å². The third kappa shape index (κ3) is 8.34. The van der Waals surface area contributed by atoms with Crippen LogP contribution >= 0.6 is 0 Å². The quantitative estimate of drug-likeness (QED) is 0.455. The molecule has 2 N–H and O–H groups in total. The van der Waals surface area contributed by atoms with Gasteiger partial charge in [-0.3, -0.25) is 9.59 Å². The number of hydrogen-bond donors (Lipinski definition) is 2. The summed E-state index contributed by atoms with van der Waals surface area (Å²) in [6.07, 6.45) is 10.4. The van der Waals surface area contributed by atoms with Crippen LogP contribution in [0.2, 0.25) is 0 Å². The van der Waals surface area contributed by atoms with Crippen molar-refractivity contribution in [2.24, 2.45) is 0 Å². The lowest BCUT2D eigenvalue weighted by Crippen LogP contribution is -2.33. The fourth-order valence-electron chi connectivity index (χ4n) is 3.83. The highest BCUT2D eigenvalue weighted by atomic mass is 16.5. The molecule has 1 heterocycles. The number of anilines is 2. The number of ether oxygens (including phenoxy) is 1. The van der Waals surface area contributed by atoms with Gasteiger partial charge in [0.2, 0.25) is 5.91 Å². The Morgan fingerprint density at radius 3 is 2.53 bits per heavy atom. The van der Waals surface area contributed by atoms with Crippen molar-refractivity contribution < 1.29 is 14.3 Å². The number of carbonyl (C=O) groups is 2. The number of hydrogen-bond acceptors (Lipinski definition) is 4. The van der Waals surface area contributed by atoms with Gasteiger partial charge < -0.3 is 20.3 Å². The van der Waals surface area contributed by atoms with Gasteiger partial charge in [-0.05, 0) is 50.3 Å². The van der Waals surface area contributed by atoms with Gasteiger partial charge in [0, 0.05) is 51.1 Å². The van der Waals surface area contributed by atoms with Crippen LogP contribution in [0.5, 0.6) is 0 Å². The van der Waals surface area contributed by atoms with Gasteiger partial charge >= 0.3 is 0 Å². The average Bonchev–Trinajstić information content (AvgIpc) is 2.77. The van der Waals surface area contributed by atoms with Crippen molar-refractivity contribution in [2.75, 3.05) is 43.6 Å². The Bertz CT molecular complexity index is 657. The van der Waals surface area contributed by atoms with Crippen LogP contribution in [0.1, 0.15) is 81.5 Å². The molecule has 1 aliphatic heterocycles. The van der Waals surface area contributed by atoms with Crippen molar-refractivity contribution in [2.45, 2.75) is 71.1 Å². The van der Waals surface area contributed by atoms with E-state index < -0.39 is 0 Å². The van der Waals surface area contributed by atoms with Crippen LogP contribution in [0.25, 0.3) is 0 Å². The zero-order valence-electron chi connectivity index (χ0n) is 18.8. The van der Waals surface area contributed by atoms with Gasteiger partial charge in [0.25, 0.3) is 5.91 Å². The number of unbranched alkanes of at least 4 members (excludes halogenated alkanes) is 4. The van der Waals surface area contributed by atoms with E-state index in [0.29, 0.717) is 30.8 Å². The molecule has 2 amide bonds. The second-order valence-corrected chi connectivity index (χ2v) is 8.09. The first kappa shape index (κ1) is 24.2. The summed E-state index contributed by atoms with van der Waals surface area (Å²) in [7, 11) is 1.66. The van der Waals surface area contributed by atoms with E-state index in [1.807, 2.05) is 18.2 Å². The Kier molecular flexibility index (Phi) is 11.3. The zero-order valence-corrected chi connectivity index (χ0v) is 18.8. The summed E-state index contributed by atoms with van der Waals surface area (Å²) >= 11 is 0. The molecule has 1 aromatic carbocycles. The summed E-state index contributed by atoms with van der Waals surface area (Å²) in [5.41, 5.74) is 2.28. The molecule has 0 atom stereocenters. The molecule has 1 saturated heterocycles. The number of benzene rings is 1. The summed E-state index contributed by atoms with van der Waals surface area (Å²) in [4.78, 5) is 27.5. The lowest BCUT2D eigenvalue weighted by molar-refractivity contribution is -0.116. The van der Waals surface area contributed by atoms with Crippen molar-refractivity contribution in [1.29, 1.82) is 0 Å². The molecular formula is C24H39N3O3. The molecule has 2 rings (SSSR count). The average molecular weight is 418 g/mol. The lowest BCUT2D eigenvalue weighted by Gasteiger charge is -2.30. The van der Waals surface area contributed by atoms with Gasteiger partial charge in [0.15, 0.2) is 0 Å². The molecule has 30 heavy (non-hydrogen) atoms. The molecule has 0 saturated carbocycles. The fraction of sp³-hybridized carbons (Fsp3) is 0.667. The minimum atomic E-state index is -0.0951. The van der Waals surface area contributed by atoms with Gasteiger partial charge in [-0.25, -0.2) is 0 Å². The number of methoxy groups -OCH3 is 1. The molecule has 1 aliphatic rings. The van der Waals surface area contributed by atoms with Crippen LogP contribution in [0.15, 0.2) is 18.2 Å². The van der Waals surface area contributed by atoms with Crippen LogP contribution in [0.3, 0.4) is 0 Å². The van der Waals surface area contributed by atoms with E-state index in [9.17, 15) is 9.59 Å². The van der Waals surface area contributed by atoms with Crippen LogP contribution in [-0.4, -0.2) is 45.2 Å². The van der Waals surface area contributed by atoms with Crippen LogP contribution in [0, 0.1) is 0 Å². The molecule has 0 radical (unpaired) electrons. The fourth-order valence-corrected chi connectivity index (χ4v) is 3.83. The molecule has 168 valence electrons. The number of rotatable bonds is 13. The van der Waals surface area contributed by atoms with Crippen molar-refractivity contribution in [1.82, 2.24) is 5.32 Å². The highest BCUT2D eigenvalue weighted by Crippen LogP contribution is 2.27. The largest absolute Gasteiger partial charge is 0.385 e. The molecule has 0 unspecified atom stereocenters. The number of piperidine rings is 1. The standard InChI is InChI=1S/C24H39N3O3/c1-3-4-5-6-8-12-23(28)26-20-13-14-22(27-16-9-7-10-17-27)21(19-20)24(29)25-15-11-18-30-2/h13-14,19H,3-12,15-18H2,1-2H3,(H,25,29)(H,26,28). The molecule has 1 fully saturated rings. The topological polar surface area (TPSA) is 70.7 Å². The van der Waals surface area contributed by atoms with Gasteiger partial charge in [0.05, 0.1) is 5.56 Å². The van der Waals surface area contributed by atoms with Crippen LogP contribution in [-0.2, 0) is 9.53 Å². The first-order valence-electron chi connectivity index (χ1n) is 11.6. The van der Waals surface area contributed by atoms with Crippen LogP contribution < -0.4 is 15.5 Å². The van der Waals surface area contributed by atoms with E-state index in [4.69, 9.17) is 4.74 Å². The summed E-state index contributed by atoms with van der Waals surface area (Å²) in [6, 6.07) is 5.72. The maximum Gasteiger partial charge on any atom is 0.253 e. The van der Waals surface area contributed by atoms with E-state index in [1.165, 1.54) is 25.7 Å². The maximum atomic E-state index is 12.9. The van der Waals surface area contributed by atoms with E-state index in [2.05, 4.69) is 22.5 Å². The Balaban J connectivity index is 2.02. The smallest absolute Gasteiger partial charge is 0.253 e. The van der Waals surface area contributed by atoms with E-state index >= 15 is 0 Å². The monoisotopic (exact) mass is 417 g/mol. The molecule has 0 aromatic heterocycles. The summed E-state index contributed by atoms with van der Waals surface area (Å²) in [6.45, 7) is 5.31. The Labute approximate surface area is 181 Å². The lowest BCUT2D eigenvalue weighted by atomic mass is 10.1. The molecule has 0 spiro atoms. The Morgan fingerprint density at radius 1 is 1.03 bits per heavy atom.